The third kappa shape index (κ3) is 6.16. The highest BCUT2D eigenvalue weighted by atomic mass is 19.1. The second-order valence-electron chi connectivity index (χ2n) is 6.14. The number of halogens is 1. The van der Waals surface area contributed by atoms with E-state index in [1.165, 1.54) is 12.1 Å². The summed E-state index contributed by atoms with van der Waals surface area (Å²) in [6, 6.07) is 14.8. The van der Waals surface area contributed by atoms with Gasteiger partial charge in [-0.15, -0.1) is 0 Å². The van der Waals surface area contributed by atoms with E-state index in [9.17, 15) is 9.18 Å². The topological polar surface area (TPSA) is 66.0 Å². The Balaban J connectivity index is 1.66. The van der Waals surface area contributed by atoms with E-state index >= 15 is 0 Å². The van der Waals surface area contributed by atoms with Crippen molar-refractivity contribution in [3.8, 4) is 0 Å². The molecule has 7 heteroatoms. The molecule has 3 rings (SSSR count). The lowest BCUT2D eigenvalue weighted by Crippen LogP contribution is -2.39. The first-order chi connectivity index (χ1) is 13.2. The second kappa shape index (κ2) is 9.80. The summed E-state index contributed by atoms with van der Waals surface area (Å²) < 4.78 is 18.5. The smallest absolute Gasteiger partial charge is 0.257 e. The van der Waals surface area contributed by atoms with Gasteiger partial charge in [-0.1, -0.05) is 18.2 Å². The average molecular weight is 370 g/mol. The average Bonchev–Trinajstić information content (AvgIpc) is 2.71. The zero-order chi connectivity index (χ0) is 18.9. The molecule has 1 fully saturated rings. The summed E-state index contributed by atoms with van der Waals surface area (Å²) in [4.78, 5) is 19.2. The summed E-state index contributed by atoms with van der Waals surface area (Å²) >= 11 is 0. The molecule has 27 heavy (non-hydrogen) atoms. The van der Waals surface area contributed by atoms with Gasteiger partial charge in [0.25, 0.3) is 5.91 Å². The number of ether oxygens (including phenoxy) is 1. The number of rotatable bonds is 5. The number of nitrogens with one attached hydrogen (secondary N) is 2. The number of amides is 1. The SMILES string of the molecule is O=C(NC(=NCCN1CCOCC1)Nc1ccc(F)cc1)c1ccccc1. The standard InChI is InChI=1S/C20H23FN4O2/c21-17-6-8-18(9-7-17)23-20(22-10-11-25-12-14-27-15-13-25)24-19(26)16-4-2-1-3-5-16/h1-9H,10-15H2,(H2,22,23,24,26). The molecule has 1 saturated heterocycles. The Hall–Kier alpha value is -2.77. The summed E-state index contributed by atoms with van der Waals surface area (Å²) in [7, 11) is 0. The van der Waals surface area contributed by atoms with Crippen LogP contribution in [-0.2, 0) is 4.74 Å². The molecule has 6 nitrogen and oxygen atoms in total. The van der Waals surface area contributed by atoms with E-state index in [4.69, 9.17) is 4.74 Å². The van der Waals surface area contributed by atoms with Crippen LogP contribution in [0.3, 0.4) is 0 Å². The molecule has 1 amide bonds. The lowest BCUT2D eigenvalue weighted by molar-refractivity contribution is 0.0394. The minimum Gasteiger partial charge on any atom is -0.379 e. The number of guanidine groups is 1. The first kappa shape index (κ1) is 19.0. The molecule has 0 spiro atoms. The molecule has 1 aliphatic heterocycles. The highest BCUT2D eigenvalue weighted by Gasteiger charge is 2.11. The number of morpholine rings is 1. The van der Waals surface area contributed by atoms with Crippen LogP contribution in [0.25, 0.3) is 0 Å². The zero-order valence-corrected chi connectivity index (χ0v) is 15.0. The maximum absolute atomic E-state index is 13.1. The first-order valence-electron chi connectivity index (χ1n) is 8.94. The molecule has 142 valence electrons. The zero-order valence-electron chi connectivity index (χ0n) is 15.0. The van der Waals surface area contributed by atoms with Gasteiger partial charge >= 0.3 is 0 Å². The number of aliphatic imine (C=N–C) groups is 1. The van der Waals surface area contributed by atoms with Gasteiger partial charge in [0.2, 0.25) is 5.96 Å². The van der Waals surface area contributed by atoms with Crippen LogP contribution >= 0.6 is 0 Å². The summed E-state index contributed by atoms with van der Waals surface area (Å²) in [6.45, 7) is 4.53. The van der Waals surface area contributed by atoms with Gasteiger partial charge in [-0.2, -0.15) is 0 Å². The van der Waals surface area contributed by atoms with Crippen LogP contribution < -0.4 is 10.6 Å². The Morgan fingerprint density at radius 2 is 1.78 bits per heavy atom. The van der Waals surface area contributed by atoms with Gasteiger partial charge in [-0.05, 0) is 36.4 Å². The predicted octanol–water partition coefficient (Wildman–Crippen LogP) is 2.36. The van der Waals surface area contributed by atoms with Crippen molar-refractivity contribution in [3.63, 3.8) is 0 Å². The number of hydrogen-bond donors (Lipinski definition) is 2. The van der Waals surface area contributed by atoms with Crippen LogP contribution in [-0.4, -0.2) is 56.2 Å². The molecule has 0 saturated carbocycles. The van der Waals surface area contributed by atoms with Crippen LogP contribution in [0.4, 0.5) is 10.1 Å². The molecular weight excluding hydrogens is 347 g/mol. The monoisotopic (exact) mass is 370 g/mol. The van der Waals surface area contributed by atoms with Crippen molar-refractivity contribution in [2.45, 2.75) is 0 Å². The molecule has 0 radical (unpaired) electrons. The third-order valence-corrected chi connectivity index (χ3v) is 4.16. The van der Waals surface area contributed by atoms with Crippen molar-refractivity contribution >= 4 is 17.6 Å². The van der Waals surface area contributed by atoms with Crippen LogP contribution in [0.2, 0.25) is 0 Å². The molecule has 1 aliphatic rings. The van der Waals surface area contributed by atoms with Crippen LogP contribution in [0.15, 0.2) is 59.6 Å². The van der Waals surface area contributed by atoms with Crippen LogP contribution in [0, 0.1) is 5.82 Å². The van der Waals surface area contributed by atoms with E-state index in [1.807, 2.05) is 6.07 Å². The molecule has 0 aromatic heterocycles. The normalized spacial score (nSPS) is 15.4. The van der Waals surface area contributed by atoms with Gasteiger partial charge in [-0.25, -0.2) is 4.39 Å². The molecule has 0 bridgehead atoms. The van der Waals surface area contributed by atoms with Gasteiger partial charge in [0, 0.05) is 30.9 Å². The minimum atomic E-state index is -0.320. The largest absolute Gasteiger partial charge is 0.379 e. The number of carbonyl (C=O) groups excluding carboxylic acids is 1. The van der Waals surface area contributed by atoms with Gasteiger partial charge in [-0.3, -0.25) is 20.0 Å². The Labute approximate surface area is 158 Å². The van der Waals surface area contributed by atoms with Crippen molar-refractivity contribution in [1.29, 1.82) is 0 Å². The summed E-state index contributed by atoms with van der Waals surface area (Å²) in [5, 5.41) is 5.85. The Morgan fingerprint density at radius 1 is 1.07 bits per heavy atom. The number of nitrogens with zero attached hydrogens (tertiary/aromatic N) is 2. The van der Waals surface area contributed by atoms with E-state index in [1.54, 1.807) is 36.4 Å². The molecule has 0 atom stereocenters. The predicted molar refractivity (Wildman–Crippen MR) is 103 cm³/mol. The van der Waals surface area contributed by atoms with Crippen LogP contribution in [0.5, 0.6) is 0 Å². The maximum Gasteiger partial charge on any atom is 0.257 e. The van der Waals surface area contributed by atoms with Crippen molar-refractivity contribution in [1.82, 2.24) is 10.2 Å². The number of anilines is 1. The lowest BCUT2D eigenvalue weighted by atomic mass is 10.2. The van der Waals surface area contributed by atoms with E-state index in [0.717, 1.165) is 32.8 Å². The van der Waals surface area contributed by atoms with Crippen molar-refractivity contribution in [2.75, 3.05) is 44.7 Å². The minimum absolute atomic E-state index is 0.254. The summed E-state index contributed by atoms with van der Waals surface area (Å²) in [5.41, 5.74) is 1.19. The van der Waals surface area contributed by atoms with Crippen molar-refractivity contribution in [3.05, 3.63) is 66.0 Å². The Bertz CT molecular complexity index is 759. The quantitative estimate of drug-likeness (QED) is 0.626. The highest BCUT2D eigenvalue weighted by Crippen LogP contribution is 2.08. The molecule has 0 aliphatic carbocycles. The van der Waals surface area contributed by atoms with E-state index in [-0.39, 0.29) is 11.7 Å². The number of benzene rings is 2. The van der Waals surface area contributed by atoms with E-state index < -0.39 is 0 Å². The Kier molecular flexibility index (Phi) is 6.90. The van der Waals surface area contributed by atoms with Gasteiger partial charge in [0.1, 0.15) is 5.82 Å². The summed E-state index contributed by atoms with van der Waals surface area (Å²) in [6.07, 6.45) is 0. The molecule has 2 aromatic rings. The Morgan fingerprint density at radius 3 is 2.48 bits per heavy atom. The maximum atomic E-state index is 13.1. The molecule has 1 heterocycles. The number of hydrogen-bond acceptors (Lipinski definition) is 4. The third-order valence-electron chi connectivity index (χ3n) is 4.16. The van der Waals surface area contributed by atoms with Gasteiger partial charge in [0.05, 0.1) is 19.8 Å². The van der Waals surface area contributed by atoms with E-state index in [0.29, 0.717) is 23.8 Å². The van der Waals surface area contributed by atoms with Crippen molar-refractivity contribution < 1.29 is 13.9 Å². The second-order valence-corrected chi connectivity index (χ2v) is 6.14. The number of carbonyl (C=O) groups is 1. The fourth-order valence-corrected chi connectivity index (χ4v) is 2.68. The molecular formula is C20H23FN4O2. The summed E-state index contributed by atoms with van der Waals surface area (Å²) in [5.74, 6) is -0.237. The first-order valence-corrected chi connectivity index (χ1v) is 8.94. The molecule has 2 N–H and O–H groups in total. The van der Waals surface area contributed by atoms with Gasteiger partial charge in [0.15, 0.2) is 0 Å². The fraction of sp³-hybridized carbons (Fsp3) is 0.300. The fourth-order valence-electron chi connectivity index (χ4n) is 2.68. The van der Waals surface area contributed by atoms with Crippen LogP contribution in [0.1, 0.15) is 10.4 Å². The lowest BCUT2D eigenvalue weighted by Gasteiger charge is -2.25. The van der Waals surface area contributed by atoms with Crippen molar-refractivity contribution in [2.24, 2.45) is 4.99 Å². The molecule has 2 aromatic carbocycles. The molecule has 0 unspecified atom stereocenters. The van der Waals surface area contributed by atoms with E-state index in [2.05, 4.69) is 20.5 Å². The highest BCUT2D eigenvalue weighted by molar-refractivity contribution is 6.09. The van der Waals surface area contributed by atoms with Gasteiger partial charge < -0.3 is 10.1 Å².